The lowest BCUT2D eigenvalue weighted by Crippen LogP contribution is -2.02. The van der Waals surface area contributed by atoms with Crippen LogP contribution in [0.5, 0.6) is 11.6 Å². The fourth-order valence-corrected chi connectivity index (χ4v) is 1.99. The number of hydrogen-bond donors (Lipinski definition) is 1. The van der Waals surface area contributed by atoms with Crippen molar-refractivity contribution in [2.24, 2.45) is 0 Å². The summed E-state index contributed by atoms with van der Waals surface area (Å²) in [5.74, 6) is 2.13. The van der Waals surface area contributed by atoms with Gasteiger partial charge < -0.3 is 10.5 Å². The fourth-order valence-electron chi connectivity index (χ4n) is 1.99. The molecule has 20 heavy (non-hydrogen) atoms. The molecule has 5 heteroatoms. The number of fused-ring (bicyclic) bond motifs is 1. The number of benzene rings is 1. The Morgan fingerprint density at radius 3 is 2.70 bits per heavy atom. The molecule has 1 aromatic carbocycles. The third-order valence-corrected chi connectivity index (χ3v) is 3.05. The predicted octanol–water partition coefficient (Wildman–Crippen LogP) is 3.02. The SMILES string of the molecule is Cc1nc(N)c(C)c(Oc2cccc3cccnc23)n1. The van der Waals surface area contributed by atoms with Crippen LogP contribution < -0.4 is 10.5 Å². The van der Waals surface area contributed by atoms with Gasteiger partial charge in [0, 0.05) is 11.6 Å². The summed E-state index contributed by atoms with van der Waals surface area (Å²) in [7, 11) is 0. The molecule has 0 atom stereocenters. The highest BCUT2D eigenvalue weighted by Crippen LogP contribution is 2.30. The number of para-hydroxylation sites is 1. The van der Waals surface area contributed by atoms with E-state index in [0.29, 0.717) is 23.3 Å². The fraction of sp³-hybridized carbons (Fsp3) is 0.133. The van der Waals surface area contributed by atoms with E-state index in [1.165, 1.54) is 0 Å². The zero-order valence-electron chi connectivity index (χ0n) is 11.3. The summed E-state index contributed by atoms with van der Waals surface area (Å²) in [4.78, 5) is 12.8. The summed E-state index contributed by atoms with van der Waals surface area (Å²) in [6.07, 6.45) is 1.74. The van der Waals surface area contributed by atoms with Crippen LogP contribution in [0.15, 0.2) is 36.5 Å². The number of anilines is 1. The quantitative estimate of drug-likeness (QED) is 0.771. The number of pyridine rings is 1. The van der Waals surface area contributed by atoms with Gasteiger partial charge in [-0.25, -0.2) is 4.98 Å². The number of rotatable bonds is 2. The van der Waals surface area contributed by atoms with E-state index >= 15 is 0 Å². The van der Waals surface area contributed by atoms with Crippen molar-refractivity contribution in [1.29, 1.82) is 0 Å². The maximum atomic E-state index is 5.89. The van der Waals surface area contributed by atoms with Crippen molar-refractivity contribution in [3.05, 3.63) is 47.9 Å². The summed E-state index contributed by atoms with van der Waals surface area (Å²) in [5.41, 5.74) is 7.36. The van der Waals surface area contributed by atoms with Crippen LogP contribution in [0.1, 0.15) is 11.4 Å². The predicted molar refractivity (Wildman–Crippen MR) is 77.7 cm³/mol. The van der Waals surface area contributed by atoms with Crippen LogP contribution in [0, 0.1) is 13.8 Å². The molecule has 0 spiro atoms. The Morgan fingerprint density at radius 1 is 1.05 bits per heavy atom. The van der Waals surface area contributed by atoms with Crippen molar-refractivity contribution in [2.75, 3.05) is 5.73 Å². The highest BCUT2D eigenvalue weighted by molar-refractivity contribution is 5.84. The topological polar surface area (TPSA) is 73.9 Å². The summed E-state index contributed by atoms with van der Waals surface area (Å²) < 4.78 is 5.89. The molecule has 100 valence electrons. The van der Waals surface area contributed by atoms with Crippen molar-refractivity contribution in [3.63, 3.8) is 0 Å². The number of ether oxygens (including phenoxy) is 1. The number of aryl methyl sites for hydroxylation is 1. The van der Waals surface area contributed by atoms with Gasteiger partial charge in [0.2, 0.25) is 5.88 Å². The molecular formula is C15H14N4O. The molecule has 0 unspecified atom stereocenters. The maximum Gasteiger partial charge on any atom is 0.227 e. The Bertz CT molecular complexity index is 781. The van der Waals surface area contributed by atoms with Gasteiger partial charge in [-0.1, -0.05) is 18.2 Å². The standard InChI is InChI=1S/C15H14N4O/c1-9-14(16)18-10(2)19-15(9)20-12-7-3-5-11-6-4-8-17-13(11)12/h3-8H,1-2H3,(H2,16,18,19). The first-order valence-electron chi connectivity index (χ1n) is 6.27. The molecule has 0 aliphatic rings. The van der Waals surface area contributed by atoms with Gasteiger partial charge in [0.05, 0.1) is 5.56 Å². The van der Waals surface area contributed by atoms with Crippen molar-refractivity contribution >= 4 is 16.7 Å². The molecule has 0 bridgehead atoms. The van der Waals surface area contributed by atoms with E-state index in [0.717, 1.165) is 16.5 Å². The van der Waals surface area contributed by atoms with Gasteiger partial charge in [-0.05, 0) is 26.0 Å². The van der Waals surface area contributed by atoms with E-state index in [4.69, 9.17) is 10.5 Å². The normalized spacial score (nSPS) is 10.7. The molecule has 2 heterocycles. The molecule has 0 saturated heterocycles. The molecule has 0 aliphatic heterocycles. The Morgan fingerprint density at radius 2 is 1.85 bits per heavy atom. The first-order valence-corrected chi connectivity index (χ1v) is 6.27. The lowest BCUT2D eigenvalue weighted by Gasteiger charge is -2.11. The Labute approximate surface area is 116 Å². The van der Waals surface area contributed by atoms with Crippen LogP contribution in [0.4, 0.5) is 5.82 Å². The third-order valence-electron chi connectivity index (χ3n) is 3.05. The number of nitrogens with two attached hydrogens (primary N) is 1. The third kappa shape index (κ3) is 2.14. The van der Waals surface area contributed by atoms with Crippen LogP contribution in [0.25, 0.3) is 10.9 Å². The first-order chi connectivity index (χ1) is 9.65. The van der Waals surface area contributed by atoms with E-state index in [-0.39, 0.29) is 0 Å². The minimum atomic E-state index is 0.431. The molecule has 5 nitrogen and oxygen atoms in total. The van der Waals surface area contributed by atoms with Crippen molar-refractivity contribution in [2.45, 2.75) is 13.8 Å². The van der Waals surface area contributed by atoms with E-state index in [2.05, 4.69) is 15.0 Å². The second-order valence-electron chi connectivity index (χ2n) is 4.52. The van der Waals surface area contributed by atoms with Gasteiger partial charge in [0.25, 0.3) is 0 Å². The maximum absolute atomic E-state index is 5.89. The summed E-state index contributed by atoms with van der Waals surface area (Å²) in [6, 6.07) is 9.65. The number of nitrogen functional groups attached to an aromatic ring is 1. The molecule has 0 radical (unpaired) electrons. The van der Waals surface area contributed by atoms with E-state index < -0.39 is 0 Å². The molecule has 3 rings (SSSR count). The first kappa shape index (κ1) is 12.3. The van der Waals surface area contributed by atoms with Gasteiger partial charge in [0.15, 0.2) is 5.75 Å². The Hall–Kier alpha value is -2.69. The van der Waals surface area contributed by atoms with Gasteiger partial charge in [-0.15, -0.1) is 0 Å². The molecule has 0 saturated carbocycles. The molecule has 2 aromatic heterocycles. The van der Waals surface area contributed by atoms with E-state index in [9.17, 15) is 0 Å². The molecule has 0 aliphatic carbocycles. The highest BCUT2D eigenvalue weighted by atomic mass is 16.5. The smallest absolute Gasteiger partial charge is 0.227 e. The molecule has 0 amide bonds. The average Bonchev–Trinajstić information content (AvgIpc) is 2.44. The lowest BCUT2D eigenvalue weighted by molar-refractivity contribution is 0.460. The average molecular weight is 266 g/mol. The minimum absolute atomic E-state index is 0.431. The minimum Gasteiger partial charge on any atom is -0.436 e. The van der Waals surface area contributed by atoms with Crippen LogP contribution in [0.2, 0.25) is 0 Å². The second-order valence-corrected chi connectivity index (χ2v) is 4.52. The largest absolute Gasteiger partial charge is 0.436 e. The zero-order chi connectivity index (χ0) is 14.1. The number of nitrogens with zero attached hydrogens (tertiary/aromatic N) is 3. The van der Waals surface area contributed by atoms with Crippen molar-refractivity contribution in [3.8, 4) is 11.6 Å². The highest BCUT2D eigenvalue weighted by Gasteiger charge is 2.11. The van der Waals surface area contributed by atoms with Crippen LogP contribution >= 0.6 is 0 Å². The van der Waals surface area contributed by atoms with Crippen LogP contribution in [-0.2, 0) is 0 Å². The van der Waals surface area contributed by atoms with Gasteiger partial charge in [-0.2, -0.15) is 4.98 Å². The Kier molecular flexibility index (Phi) is 2.95. The molecule has 2 N–H and O–H groups in total. The van der Waals surface area contributed by atoms with E-state index in [1.54, 1.807) is 13.1 Å². The molecular weight excluding hydrogens is 252 g/mol. The second kappa shape index (κ2) is 4.77. The molecule has 3 aromatic rings. The van der Waals surface area contributed by atoms with Crippen molar-refractivity contribution < 1.29 is 4.74 Å². The summed E-state index contributed by atoms with van der Waals surface area (Å²) >= 11 is 0. The summed E-state index contributed by atoms with van der Waals surface area (Å²) in [5, 5.41) is 1.02. The molecule has 0 fully saturated rings. The van der Waals surface area contributed by atoms with Crippen LogP contribution in [-0.4, -0.2) is 15.0 Å². The van der Waals surface area contributed by atoms with E-state index in [1.807, 2.05) is 37.3 Å². The summed E-state index contributed by atoms with van der Waals surface area (Å²) in [6.45, 7) is 3.62. The number of hydrogen-bond acceptors (Lipinski definition) is 5. The van der Waals surface area contributed by atoms with Crippen molar-refractivity contribution in [1.82, 2.24) is 15.0 Å². The monoisotopic (exact) mass is 266 g/mol. The zero-order valence-corrected chi connectivity index (χ0v) is 11.3. The Balaban J connectivity index is 2.10. The van der Waals surface area contributed by atoms with Gasteiger partial charge >= 0.3 is 0 Å². The van der Waals surface area contributed by atoms with Crippen LogP contribution in [0.3, 0.4) is 0 Å². The van der Waals surface area contributed by atoms with Gasteiger partial charge in [-0.3, -0.25) is 4.98 Å². The van der Waals surface area contributed by atoms with Gasteiger partial charge in [0.1, 0.15) is 17.2 Å². The number of aromatic nitrogens is 3. The lowest BCUT2D eigenvalue weighted by atomic mass is 10.2.